The van der Waals surface area contributed by atoms with E-state index in [2.05, 4.69) is 15.0 Å². The quantitative estimate of drug-likeness (QED) is 0.686. The van der Waals surface area contributed by atoms with Crippen LogP contribution in [0.15, 0.2) is 72.9 Å². The summed E-state index contributed by atoms with van der Waals surface area (Å²) in [5, 5.41) is 2.99. The van der Waals surface area contributed by atoms with Crippen molar-refractivity contribution in [3.05, 3.63) is 89.7 Å². The van der Waals surface area contributed by atoms with Crippen molar-refractivity contribution in [2.45, 2.75) is 18.3 Å². The highest BCUT2D eigenvalue weighted by Crippen LogP contribution is 2.41. The molecule has 2 heterocycles. The minimum absolute atomic E-state index is 0.248. The zero-order valence-corrected chi connectivity index (χ0v) is 15.6. The zero-order valence-electron chi connectivity index (χ0n) is 15.6. The molecule has 1 aliphatic heterocycles. The number of rotatable bonds is 4. The van der Waals surface area contributed by atoms with Gasteiger partial charge in [-0.2, -0.15) is 0 Å². The fraction of sp³-hybridized carbons (Fsp3) is 0.182. The van der Waals surface area contributed by atoms with E-state index in [0.29, 0.717) is 22.6 Å². The molecule has 0 bridgehead atoms. The minimum Gasteiger partial charge on any atom is -0.491 e. The largest absolute Gasteiger partial charge is 0.573 e. The first-order chi connectivity index (χ1) is 14.4. The Morgan fingerprint density at radius 1 is 1.07 bits per heavy atom. The average molecular weight is 414 g/mol. The number of aromatic nitrogens is 1. The summed E-state index contributed by atoms with van der Waals surface area (Å²) in [6.45, 7) is 0.248. The van der Waals surface area contributed by atoms with Crippen LogP contribution in [0.3, 0.4) is 0 Å². The molecule has 0 saturated heterocycles. The van der Waals surface area contributed by atoms with Crippen LogP contribution in [0, 0.1) is 0 Å². The molecular formula is C22H17F3N2O3. The lowest BCUT2D eigenvalue weighted by atomic mass is 9.81. The van der Waals surface area contributed by atoms with Crippen molar-refractivity contribution in [3.8, 4) is 11.5 Å². The van der Waals surface area contributed by atoms with Gasteiger partial charge in [-0.25, -0.2) is 0 Å². The van der Waals surface area contributed by atoms with Gasteiger partial charge in [-0.1, -0.05) is 30.3 Å². The summed E-state index contributed by atoms with van der Waals surface area (Å²) in [6, 6.07) is 17.5. The summed E-state index contributed by atoms with van der Waals surface area (Å²) in [6.07, 6.45) is -3.00. The van der Waals surface area contributed by atoms with E-state index < -0.39 is 11.9 Å². The average Bonchev–Trinajstić information content (AvgIpc) is 2.73. The van der Waals surface area contributed by atoms with E-state index in [-0.39, 0.29) is 24.7 Å². The molecule has 0 fully saturated rings. The minimum atomic E-state index is -4.83. The molecule has 0 radical (unpaired) electrons. The Balaban J connectivity index is 1.82. The van der Waals surface area contributed by atoms with Crippen molar-refractivity contribution in [2.75, 3.05) is 6.61 Å². The maximum atomic E-state index is 13.0. The monoisotopic (exact) mass is 414 g/mol. The Kier molecular flexibility index (Phi) is 5.07. The Labute approximate surface area is 170 Å². The van der Waals surface area contributed by atoms with E-state index in [0.717, 1.165) is 0 Å². The molecule has 1 atom stereocenters. The Hall–Kier alpha value is -3.55. The SMILES string of the molecule is O=C(N[C@]1(c2cccc(OC(F)(F)F)c2)CCOc2cccnc21)c1ccccc1. The summed E-state index contributed by atoms with van der Waals surface area (Å²) >= 11 is 0. The topological polar surface area (TPSA) is 60.5 Å². The summed E-state index contributed by atoms with van der Waals surface area (Å²) < 4.78 is 48.0. The maximum Gasteiger partial charge on any atom is 0.573 e. The van der Waals surface area contributed by atoms with Crippen LogP contribution in [0.5, 0.6) is 11.5 Å². The number of fused-ring (bicyclic) bond motifs is 1. The second-order valence-corrected chi connectivity index (χ2v) is 6.75. The third-order valence-electron chi connectivity index (χ3n) is 4.83. The van der Waals surface area contributed by atoms with Crippen molar-refractivity contribution in [1.29, 1.82) is 0 Å². The van der Waals surface area contributed by atoms with E-state index in [9.17, 15) is 18.0 Å². The van der Waals surface area contributed by atoms with Gasteiger partial charge in [0.15, 0.2) is 0 Å². The lowest BCUT2D eigenvalue weighted by molar-refractivity contribution is -0.274. The molecule has 0 spiro atoms. The number of pyridine rings is 1. The highest BCUT2D eigenvalue weighted by Gasteiger charge is 2.43. The van der Waals surface area contributed by atoms with Crippen molar-refractivity contribution in [1.82, 2.24) is 10.3 Å². The molecular weight excluding hydrogens is 397 g/mol. The molecule has 30 heavy (non-hydrogen) atoms. The number of nitrogens with one attached hydrogen (secondary N) is 1. The molecule has 1 aliphatic rings. The van der Waals surface area contributed by atoms with Crippen molar-refractivity contribution < 1.29 is 27.4 Å². The normalized spacial score (nSPS) is 18.1. The number of hydrogen-bond acceptors (Lipinski definition) is 4. The number of benzene rings is 2. The van der Waals surface area contributed by atoms with E-state index in [4.69, 9.17) is 4.74 Å². The standard InChI is InChI=1S/C22H17F3N2O3/c23-22(24,25)30-17-9-4-8-16(14-17)21(27-20(28)15-6-2-1-3-7-15)11-13-29-18-10-5-12-26-19(18)21/h1-10,12,14H,11,13H2,(H,27,28)/t21-/m0/s1. The third-order valence-corrected chi connectivity index (χ3v) is 4.83. The molecule has 0 saturated carbocycles. The maximum absolute atomic E-state index is 13.0. The van der Waals surface area contributed by atoms with Crippen LogP contribution in [0.25, 0.3) is 0 Å². The van der Waals surface area contributed by atoms with Crippen LogP contribution in [-0.2, 0) is 5.54 Å². The molecule has 1 N–H and O–H groups in total. The molecule has 4 rings (SSSR count). The van der Waals surface area contributed by atoms with Gasteiger partial charge in [-0.3, -0.25) is 9.78 Å². The summed E-state index contributed by atoms with van der Waals surface area (Å²) in [7, 11) is 0. The number of carbonyl (C=O) groups excluding carboxylic acids is 1. The number of alkyl halides is 3. The first kappa shape index (κ1) is 19.8. The van der Waals surface area contributed by atoms with E-state index in [1.54, 1.807) is 54.7 Å². The molecule has 0 aliphatic carbocycles. The number of carbonyl (C=O) groups is 1. The number of hydrogen-bond donors (Lipinski definition) is 1. The number of amides is 1. The highest BCUT2D eigenvalue weighted by atomic mass is 19.4. The third kappa shape index (κ3) is 3.94. The van der Waals surface area contributed by atoms with Crippen LogP contribution in [0.1, 0.15) is 28.0 Å². The van der Waals surface area contributed by atoms with Gasteiger partial charge in [0, 0.05) is 18.2 Å². The smallest absolute Gasteiger partial charge is 0.491 e. The molecule has 154 valence electrons. The molecule has 1 amide bonds. The molecule has 3 aromatic rings. The summed E-state index contributed by atoms with van der Waals surface area (Å²) in [5.74, 6) is -0.298. The van der Waals surface area contributed by atoms with Crippen LogP contribution >= 0.6 is 0 Å². The Bertz CT molecular complexity index is 1060. The van der Waals surface area contributed by atoms with Crippen molar-refractivity contribution in [2.24, 2.45) is 0 Å². The molecule has 2 aromatic carbocycles. The van der Waals surface area contributed by atoms with Crippen molar-refractivity contribution in [3.63, 3.8) is 0 Å². The predicted octanol–water partition coefficient (Wildman–Crippen LogP) is 4.44. The predicted molar refractivity (Wildman–Crippen MR) is 102 cm³/mol. The fourth-order valence-electron chi connectivity index (χ4n) is 3.55. The van der Waals surface area contributed by atoms with Gasteiger partial charge in [0.1, 0.15) is 22.7 Å². The lowest BCUT2D eigenvalue weighted by Crippen LogP contribution is -2.50. The Morgan fingerprint density at radius 3 is 2.63 bits per heavy atom. The molecule has 0 unspecified atom stereocenters. The van der Waals surface area contributed by atoms with Crippen LogP contribution in [0.2, 0.25) is 0 Å². The molecule has 5 nitrogen and oxygen atoms in total. The van der Waals surface area contributed by atoms with Gasteiger partial charge >= 0.3 is 6.36 Å². The summed E-state index contributed by atoms with van der Waals surface area (Å²) in [4.78, 5) is 17.4. The Morgan fingerprint density at radius 2 is 1.87 bits per heavy atom. The zero-order chi connectivity index (χ0) is 21.2. The number of halogens is 3. The molecule has 8 heteroatoms. The first-order valence-corrected chi connectivity index (χ1v) is 9.19. The number of ether oxygens (including phenoxy) is 2. The van der Waals surface area contributed by atoms with E-state index in [1.165, 1.54) is 18.2 Å². The van der Waals surface area contributed by atoms with Gasteiger partial charge in [0.05, 0.1) is 6.61 Å². The first-order valence-electron chi connectivity index (χ1n) is 9.19. The van der Waals surface area contributed by atoms with Gasteiger partial charge in [-0.15, -0.1) is 13.2 Å². The lowest BCUT2D eigenvalue weighted by Gasteiger charge is -2.39. The van der Waals surface area contributed by atoms with Gasteiger partial charge in [0.25, 0.3) is 5.91 Å². The van der Waals surface area contributed by atoms with Crippen LogP contribution in [-0.4, -0.2) is 23.9 Å². The van der Waals surface area contributed by atoms with Crippen LogP contribution in [0.4, 0.5) is 13.2 Å². The summed E-state index contributed by atoms with van der Waals surface area (Å²) in [5.41, 5.74) is 0.0669. The second kappa shape index (κ2) is 7.70. The van der Waals surface area contributed by atoms with E-state index in [1.807, 2.05) is 0 Å². The van der Waals surface area contributed by atoms with Gasteiger partial charge in [0.2, 0.25) is 0 Å². The van der Waals surface area contributed by atoms with E-state index >= 15 is 0 Å². The number of nitrogens with zero attached hydrogens (tertiary/aromatic N) is 1. The highest BCUT2D eigenvalue weighted by molar-refractivity contribution is 5.95. The van der Waals surface area contributed by atoms with Gasteiger partial charge < -0.3 is 14.8 Å². The van der Waals surface area contributed by atoms with Crippen molar-refractivity contribution >= 4 is 5.91 Å². The second-order valence-electron chi connectivity index (χ2n) is 6.75. The van der Waals surface area contributed by atoms with Crippen LogP contribution < -0.4 is 14.8 Å². The molecule has 1 aromatic heterocycles. The fourth-order valence-corrected chi connectivity index (χ4v) is 3.55. The van der Waals surface area contributed by atoms with Gasteiger partial charge in [-0.05, 0) is 42.0 Å².